The Morgan fingerprint density at radius 2 is 1.65 bits per heavy atom. The Hall–Kier alpha value is -3.42. The first-order valence-electron chi connectivity index (χ1n) is 12.9. The summed E-state index contributed by atoms with van der Waals surface area (Å²) in [6, 6.07) is 16.6. The fourth-order valence-corrected chi connectivity index (χ4v) is 4.38. The van der Waals surface area contributed by atoms with E-state index in [2.05, 4.69) is 31.0 Å². The quantitative estimate of drug-likeness (QED) is 0.324. The summed E-state index contributed by atoms with van der Waals surface area (Å²) in [6.07, 6.45) is 0. The maximum Gasteiger partial charge on any atom is 0.296 e. The highest BCUT2D eigenvalue weighted by Gasteiger charge is 2.23. The molecule has 0 aromatic heterocycles. The van der Waals surface area contributed by atoms with E-state index < -0.39 is 11.7 Å². The zero-order chi connectivity index (χ0) is 26.4. The molecule has 0 bridgehead atoms. The molecule has 3 aromatic carbocycles. The third-order valence-electron chi connectivity index (χ3n) is 6.50. The molecule has 37 heavy (non-hydrogen) atoms. The summed E-state index contributed by atoms with van der Waals surface area (Å²) in [4.78, 5) is 28.8. The molecule has 0 radical (unpaired) electrons. The van der Waals surface area contributed by atoms with E-state index in [9.17, 15) is 9.59 Å². The molecule has 1 aliphatic rings. The fourth-order valence-electron chi connectivity index (χ4n) is 4.38. The Kier molecular flexibility index (Phi) is 8.46. The van der Waals surface area contributed by atoms with Crippen LogP contribution in [0.4, 0.5) is 5.69 Å². The van der Waals surface area contributed by atoms with Gasteiger partial charge in [0.25, 0.3) is 11.7 Å². The molecule has 0 saturated carbocycles. The number of carbonyl (C=O) groups is 2. The largest absolute Gasteiger partial charge is 0.492 e. The van der Waals surface area contributed by atoms with Crippen molar-refractivity contribution in [1.29, 1.82) is 0 Å². The number of Topliss-reactive ketones (excluding diaryl/α,β-unsaturated/α-hetero) is 1. The van der Waals surface area contributed by atoms with Crippen LogP contribution in [0.5, 0.6) is 11.5 Å². The van der Waals surface area contributed by atoms with Crippen LogP contribution in [0, 0.1) is 0 Å². The van der Waals surface area contributed by atoms with Crippen molar-refractivity contribution in [3.8, 4) is 11.5 Å². The number of hydrogen-bond donors (Lipinski definition) is 1. The van der Waals surface area contributed by atoms with Crippen LogP contribution in [0.15, 0.2) is 54.6 Å². The topological polar surface area (TPSA) is 77.1 Å². The van der Waals surface area contributed by atoms with Crippen molar-refractivity contribution in [3.63, 3.8) is 0 Å². The molecule has 1 saturated heterocycles. The lowest BCUT2D eigenvalue weighted by molar-refractivity contribution is -0.112. The second kappa shape index (κ2) is 11.8. The monoisotopic (exact) mass is 504 g/mol. The lowest BCUT2D eigenvalue weighted by Gasteiger charge is -2.26. The summed E-state index contributed by atoms with van der Waals surface area (Å²) in [6.45, 7) is 13.2. The van der Waals surface area contributed by atoms with Crippen LogP contribution in [-0.4, -0.2) is 62.7 Å². The maximum absolute atomic E-state index is 13.3. The third kappa shape index (κ3) is 6.48. The molecule has 1 fully saturated rings. The molecular weight excluding hydrogens is 468 g/mol. The number of carbonyl (C=O) groups excluding carboxylic acids is 2. The van der Waals surface area contributed by atoms with E-state index in [0.717, 1.165) is 43.8 Å². The normalized spacial score (nSPS) is 14.4. The van der Waals surface area contributed by atoms with Gasteiger partial charge in [-0.3, -0.25) is 14.5 Å². The van der Waals surface area contributed by atoms with Crippen molar-refractivity contribution < 1.29 is 23.8 Å². The number of anilines is 1. The molecule has 4 rings (SSSR count). The van der Waals surface area contributed by atoms with Gasteiger partial charge in [0.2, 0.25) is 0 Å². The van der Waals surface area contributed by atoms with Crippen molar-refractivity contribution >= 4 is 28.2 Å². The van der Waals surface area contributed by atoms with Crippen LogP contribution in [-0.2, 0) is 14.9 Å². The van der Waals surface area contributed by atoms with E-state index in [1.54, 1.807) is 12.1 Å². The molecule has 196 valence electrons. The lowest BCUT2D eigenvalue weighted by atomic mass is 9.87. The predicted molar refractivity (Wildman–Crippen MR) is 146 cm³/mol. The van der Waals surface area contributed by atoms with Gasteiger partial charge in [0.1, 0.15) is 18.1 Å². The van der Waals surface area contributed by atoms with Crippen LogP contribution in [0.3, 0.4) is 0 Å². The fraction of sp³-hybridized carbons (Fsp3) is 0.400. The van der Waals surface area contributed by atoms with Gasteiger partial charge in [-0.15, -0.1) is 0 Å². The first-order chi connectivity index (χ1) is 17.8. The van der Waals surface area contributed by atoms with Gasteiger partial charge in [0.05, 0.1) is 25.5 Å². The summed E-state index contributed by atoms with van der Waals surface area (Å²) < 4.78 is 17.2. The molecule has 0 atom stereocenters. The number of nitrogens with zero attached hydrogens (tertiary/aromatic N) is 1. The number of ether oxygens (including phenoxy) is 3. The van der Waals surface area contributed by atoms with Crippen molar-refractivity contribution in [2.75, 3.05) is 51.4 Å². The summed E-state index contributed by atoms with van der Waals surface area (Å²) in [5, 5.41) is 4.28. The van der Waals surface area contributed by atoms with E-state index in [1.165, 1.54) is 0 Å². The van der Waals surface area contributed by atoms with Crippen LogP contribution in [0.1, 0.15) is 43.6 Å². The molecule has 7 nitrogen and oxygen atoms in total. The minimum absolute atomic E-state index is 0.123. The molecular formula is C30H36N2O5. The number of amides is 1. The highest BCUT2D eigenvalue weighted by molar-refractivity contribution is 6.48. The maximum atomic E-state index is 13.3. The SMILES string of the molecule is CCOc1ccc(C(C)(C)C)cc1NC(=O)C(=O)c1ccc(OCCN2CCOCC2)c2ccccc12. The first kappa shape index (κ1) is 26.6. The minimum atomic E-state index is -0.710. The second-order valence-corrected chi connectivity index (χ2v) is 10.1. The standard InChI is InChI=1S/C30H36N2O5/c1-5-36-27-12-10-21(30(2,3)4)20-25(27)31-29(34)28(33)24-11-13-26(23-9-7-6-8-22(23)24)37-19-16-32-14-17-35-18-15-32/h6-13,20H,5,14-19H2,1-4H3,(H,31,34). The Bertz CT molecular complexity index is 1260. The molecule has 1 aliphatic heterocycles. The molecule has 1 N–H and O–H groups in total. The smallest absolute Gasteiger partial charge is 0.296 e. The zero-order valence-corrected chi connectivity index (χ0v) is 22.1. The number of hydrogen-bond acceptors (Lipinski definition) is 6. The van der Waals surface area contributed by atoms with Crippen molar-refractivity contribution in [1.82, 2.24) is 4.90 Å². The number of ketones is 1. The predicted octanol–water partition coefficient (Wildman–Crippen LogP) is 5.07. The van der Waals surface area contributed by atoms with Gasteiger partial charge in [0.15, 0.2) is 0 Å². The third-order valence-corrected chi connectivity index (χ3v) is 6.50. The van der Waals surface area contributed by atoms with E-state index >= 15 is 0 Å². The van der Waals surface area contributed by atoms with E-state index in [-0.39, 0.29) is 5.41 Å². The Morgan fingerprint density at radius 3 is 2.35 bits per heavy atom. The van der Waals surface area contributed by atoms with E-state index in [4.69, 9.17) is 14.2 Å². The lowest BCUT2D eigenvalue weighted by Crippen LogP contribution is -2.38. The number of morpholine rings is 1. The van der Waals surface area contributed by atoms with Crippen molar-refractivity contribution in [3.05, 3.63) is 65.7 Å². The summed E-state index contributed by atoms with van der Waals surface area (Å²) in [5.41, 5.74) is 1.73. The van der Waals surface area contributed by atoms with E-state index in [1.807, 2.05) is 49.4 Å². The summed E-state index contributed by atoms with van der Waals surface area (Å²) in [5.74, 6) is -0.0966. The van der Waals surface area contributed by atoms with Gasteiger partial charge in [-0.05, 0) is 47.6 Å². The number of benzene rings is 3. The molecule has 1 amide bonds. The molecule has 7 heteroatoms. The highest BCUT2D eigenvalue weighted by Crippen LogP contribution is 2.33. The van der Waals surface area contributed by atoms with Crippen LogP contribution < -0.4 is 14.8 Å². The van der Waals surface area contributed by atoms with Crippen molar-refractivity contribution in [2.45, 2.75) is 33.1 Å². The Balaban J connectivity index is 1.54. The van der Waals surface area contributed by atoms with Gasteiger partial charge >= 0.3 is 0 Å². The molecule has 3 aromatic rings. The zero-order valence-electron chi connectivity index (χ0n) is 22.1. The van der Waals surface area contributed by atoms with Gasteiger partial charge in [-0.1, -0.05) is 51.1 Å². The minimum Gasteiger partial charge on any atom is -0.492 e. The molecule has 0 spiro atoms. The second-order valence-electron chi connectivity index (χ2n) is 10.1. The van der Waals surface area contributed by atoms with Crippen molar-refractivity contribution in [2.24, 2.45) is 0 Å². The van der Waals surface area contributed by atoms with Crippen LogP contribution in [0.25, 0.3) is 10.8 Å². The van der Waals surface area contributed by atoms with E-state index in [0.29, 0.717) is 41.3 Å². The average Bonchev–Trinajstić information content (AvgIpc) is 2.89. The number of fused-ring (bicyclic) bond motifs is 1. The average molecular weight is 505 g/mol. The molecule has 0 unspecified atom stereocenters. The Morgan fingerprint density at radius 1 is 0.946 bits per heavy atom. The van der Waals surface area contributed by atoms with Crippen LogP contribution >= 0.6 is 0 Å². The van der Waals surface area contributed by atoms with Gasteiger partial charge in [0, 0.05) is 30.6 Å². The summed E-state index contributed by atoms with van der Waals surface area (Å²) in [7, 11) is 0. The molecule has 1 heterocycles. The number of rotatable bonds is 9. The van der Waals surface area contributed by atoms with Gasteiger partial charge < -0.3 is 19.5 Å². The van der Waals surface area contributed by atoms with Gasteiger partial charge in [-0.25, -0.2) is 0 Å². The Labute approximate surface area is 218 Å². The van der Waals surface area contributed by atoms with Crippen LogP contribution in [0.2, 0.25) is 0 Å². The molecule has 0 aliphatic carbocycles. The first-order valence-corrected chi connectivity index (χ1v) is 12.9. The number of nitrogens with one attached hydrogen (secondary N) is 1. The summed E-state index contributed by atoms with van der Waals surface area (Å²) >= 11 is 0. The van der Waals surface area contributed by atoms with Gasteiger partial charge in [-0.2, -0.15) is 0 Å². The highest BCUT2D eigenvalue weighted by atomic mass is 16.5.